The topological polar surface area (TPSA) is 60.0 Å². The van der Waals surface area contributed by atoms with E-state index in [4.69, 9.17) is 14.2 Å². The Morgan fingerprint density at radius 1 is 0.878 bits per heavy atom. The summed E-state index contributed by atoms with van der Waals surface area (Å²) >= 11 is 1.76. The molecule has 0 aromatic heterocycles. The number of carbonyl (C=O) groups excluding carboxylic acids is 1. The maximum Gasteiger partial charge on any atom is 0.262 e. The summed E-state index contributed by atoms with van der Waals surface area (Å²) in [7, 11) is 1.62. The Kier molecular flexibility index (Phi) is 18.2. The normalized spacial score (nSPS) is 12.2. The van der Waals surface area contributed by atoms with Gasteiger partial charge in [-0.2, -0.15) is 0 Å². The molecule has 2 aromatic rings. The van der Waals surface area contributed by atoms with Gasteiger partial charge >= 0.3 is 0 Å². The first-order valence-corrected chi connectivity index (χ1v) is 16.1. The van der Waals surface area contributed by atoms with Crippen molar-refractivity contribution in [3.63, 3.8) is 0 Å². The molecule has 3 rings (SSSR count). The Hall–Kier alpha value is -2.32. The zero-order valence-corrected chi connectivity index (χ0v) is 27.4. The first-order valence-electron chi connectivity index (χ1n) is 15.0. The van der Waals surface area contributed by atoms with Gasteiger partial charge in [0.15, 0.2) is 18.1 Å². The number of halogens is 1. The highest BCUT2D eigenvalue weighted by atomic mass is 79.9. The number of nitrogens with zero attached hydrogens (tertiary/aromatic N) is 1. The molecule has 0 spiro atoms. The third-order valence-electron chi connectivity index (χ3n) is 7.03. The van der Waals surface area contributed by atoms with Crippen LogP contribution in [0.3, 0.4) is 0 Å². The zero-order chi connectivity index (χ0) is 28.3. The number of carbonyl (C=O) groups is 1. The van der Waals surface area contributed by atoms with Crippen molar-refractivity contribution >= 4 is 40.3 Å². The number of rotatable bonds is 21. The predicted molar refractivity (Wildman–Crippen MR) is 178 cm³/mol. The lowest BCUT2D eigenvalue weighted by Gasteiger charge is -2.18. The fourth-order valence-corrected chi connectivity index (χ4v) is 5.44. The van der Waals surface area contributed by atoms with Gasteiger partial charge in [0.25, 0.3) is 5.91 Å². The van der Waals surface area contributed by atoms with Crippen LogP contribution in [-0.4, -0.2) is 37.0 Å². The Bertz CT molecular complexity index is 1040. The van der Waals surface area contributed by atoms with Crippen molar-refractivity contribution in [1.82, 2.24) is 4.90 Å². The van der Waals surface area contributed by atoms with Gasteiger partial charge in [-0.3, -0.25) is 4.79 Å². The van der Waals surface area contributed by atoms with Gasteiger partial charge < -0.3 is 24.4 Å². The Balaban J connectivity index is 0.00000588. The van der Waals surface area contributed by atoms with Crippen LogP contribution in [0.4, 0.5) is 5.69 Å². The molecule has 1 heterocycles. The zero-order valence-electron chi connectivity index (χ0n) is 24.9. The Morgan fingerprint density at radius 3 is 2.22 bits per heavy atom. The van der Waals surface area contributed by atoms with E-state index in [9.17, 15) is 4.79 Å². The fraction of sp³-hybridized carbons (Fsp3) is 0.545. The summed E-state index contributed by atoms with van der Waals surface area (Å²) in [6, 6.07) is 13.3. The lowest BCUT2D eigenvalue weighted by atomic mass is 10.1. The van der Waals surface area contributed by atoms with E-state index in [1.54, 1.807) is 24.9 Å². The molecule has 41 heavy (non-hydrogen) atoms. The van der Waals surface area contributed by atoms with E-state index in [0.29, 0.717) is 23.9 Å². The summed E-state index contributed by atoms with van der Waals surface area (Å²) in [4.78, 5) is 14.8. The standard InChI is InChI=1S/C33H48N2O4S.BrH/c1-3-4-5-6-7-8-9-10-11-12-13-16-22-38-31-20-19-29(24-32(31)37-2)39-26-33(36)34-30-18-15-14-17-28(30)25-35-21-23-40-27-35;/h14-15,17-21,23-24H,3-13,16,22,25-27H2,1-2H3,(H,34,36);1H. The smallest absolute Gasteiger partial charge is 0.262 e. The highest BCUT2D eigenvalue weighted by Crippen LogP contribution is 2.31. The van der Waals surface area contributed by atoms with Crippen LogP contribution in [0.5, 0.6) is 17.2 Å². The Morgan fingerprint density at radius 2 is 1.56 bits per heavy atom. The molecule has 1 N–H and O–H groups in total. The van der Waals surface area contributed by atoms with Gasteiger partial charge in [-0.05, 0) is 35.6 Å². The van der Waals surface area contributed by atoms with Crippen molar-refractivity contribution < 1.29 is 19.0 Å². The summed E-state index contributed by atoms with van der Waals surface area (Å²) in [6.07, 6.45) is 17.9. The molecule has 0 aliphatic carbocycles. The summed E-state index contributed by atoms with van der Waals surface area (Å²) < 4.78 is 17.3. The molecule has 228 valence electrons. The molecule has 2 aromatic carbocycles. The number of benzene rings is 2. The van der Waals surface area contributed by atoms with Crippen molar-refractivity contribution in [2.45, 2.75) is 90.5 Å². The second kappa shape index (κ2) is 21.4. The molecule has 0 saturated carbocycles. The van der Waals surface area contributed by atoms with E-state index in [2.05, 4.69) is 28.7 Å². The van der Waals surface area contributed by atoms with Gasteiger partial charge in [-0.1, -0.05) is 95.8 Å². The minimum atomic E-state index is -0.204. The van der Waals surface area contributed by atoms with Gasteiger partial charge in [-0.25, -0.2) is 0 Å². The van der Waals surface area contributed by atoms with E-state index in [1.165, 1.54) is 70.6 Å². The van der Waals surface area contributed by atoms with E-state index in [-0.39, 0.29) is 29.5 Å². The third kappa shape index (κ3) is 13.9. The van der Waals surface area contributed by atoms with Gasteiger partial charge in [-0.15, -0.1) is 28.7 Å². The van der Waals surface area contributed by atoms with Gasteiger partial charge in [0.2, 0.25) is 0 Å². The number of amides is 1. The highest BCUT2D eigenvalue weighted by molar-refractivity contribution is 8.93. The first-order chi connectivity index (χ1) is 19.7. The second-order valence-corrected chi connectivity index (χ2v) is 11.2. The highest BCUT2D eigenvalue weighted by Gasteiger charge is 2.12. The second-order valence-electron chi connectivity index (χ2n) is 10.4. The molecule has 6 nitrogen and oxygen atoms in total. The average Bonchev–Trinajstić information content (AvgIpc) is 3.49. The molecule has 0 saturated heterocycles. The first kappa shape index (κ1) is 34.9. The number of nitrogens with one attached hydrogen (secondary N) is 1. The van der Waals surface area contributed by atoms with Crippen LogP contribution in [0.25, 0.3) is 0 Å². The van der Waals surface area contributed by atoms with Gasteiger partial charge in [0, 0.05) is 24.5 Å². The van der Waals surface area contributed by atoms with Crippen LogP contribution in [0, 0.1) is 0 Å². The third-order valence-corrected chi connectivity index (χ3v) is 7.83. The molecule has 0 bridgehead atoms. The maximum absolute atomic E-state index is 12.6. The predicted octanol–water partition coefficient (Wildman–Crippen LogP) is 9.35. The fourth-order valence-electron chi connectivity index (χ4n) is 4.73. The lowest BCUT2D eigenvalue weighted by Crippen LogP contribution is -2.22. The van der Waals surface area contributed by atoms with E-state index in [0.717, 1.165) is 30.1 Å². The van der Waals surface area contributed by atoms with E-state index >= 15 is 0 Å². The van der Waals surface area contributed by atoms with Crippen molar-refractivity contribution in [2.75, 3.05) is 31.5 Å². The number of unbranched alkanes of at least 4 members (excludes halogenated alkanes) is 11. The molecule has 0 unspecified atom stereocenters. The van der Waals surface area contributed by atoms with Crippen LogP contribution in [0.1, 0.15) is 89.5 Å². The molecule has 0 atom stereocenters. The Labute approximate surface area is 262 Å². The van der Waals surface area contributed by atoms with E-state index in [1.807, 2.05) is 36.4 Å². The van der Waals surface area contributed by atoms with Crippen LogP contribution < -0.4 is 19.5 Å². The maximum atomic E-state index is 12.6. The minimum absolute atomic E-state index is 0. The average molecular weight is 650 g/mol. The molecule has 0 radical (unpaired) electrons. The van der Waals surface area contributed by atoms with Crippen molar-refractivity contribution in [3.05, 3.63) is 59.6 Å². The van der Waals surface area contributed by atoms with Crippen molar-refractivity contribution in [1.29, 1.82) is 0 Å². The monoisotopic (exact) mass is 648 g/mol. The number of thioether (sulfide) groups is 1. The molecular formula is C33H49BrN2O4S. The largest absolute Gasteiger partial charge is 0.493 e. The van der Waals surface area contributed by atoms with Gasteiger partial charge in [0.05, 0.1) is 19.6 Å². The summed E-state index contributed by atoms with van der Waals surface area (Å²) in [5.74, 6) is 2.60. The lowest BCUT2D eigenvalue weighted by molar-refractivity contribution is -0.118. The summed E-state index contributed by atoms with van der Waals surface area (Å²) in [5, 5.41) is 5.07. The number of ether oxygens (including phenoxy) is 3. The van der Waals surface area contributed by atoms with Gasteiger partial charge in [0.1, 0.15) is 5.75 Å². The van der Waals surface area contributed by atoms with E-state index < -0.39 is 0 Å². The quantitative estimate of drug-likeness (QED) is 0.136. The van der Waals surface area contributed by atoms with Crippen molar-refractivity contribution in [3.8, 4) is 17.2 Å². The molecule has 1 amide bonds. The molecule has 1 aliphatic rings. The molecule has 0 fully saturated rings. The summed E-state index contributed by atoms with van der Waals surface area (Å²) in [6.45, 7) is 3.60. The van der Waals surface area contributed by atoms with Crippen LogP contribution >= 0.6 is 28.7 Å². The summed E-state index contributed by atoms with van der Waals surface area (Å²) in [5.41, 5.74) is 1.87. The number of methoxy groups -OCH3 is 1. The number of hydrogen-bond donors (Lipinski definition) is 1. The van der Waals surface area contributed by atoms with Crippen LogP contribution in [0.2, 0.25) is 0 Å². The SMILES string of the molecule is Br.CCCCCCCCCCCCCCOc1ccc(OCC(=O)Nc2ccccc2CN2C=CSC2)cc1OC. The minimum Gasteiger partial charge on any atom is -0.493 e. The molecular weight excluding hydrogens is 600 g/mol. The van der Waals surface area contributed by atoms with Crippen LogP contribution in [0.15, 0.2) is 54.1 Å². The molecule has 8 heteroatoms. The number of hydrogen-bond acceptors (Lipinski definition) is 6. The number of para-hydroxylation sites is 1. The molecule has 1 aliphatic heterocycles. The van der Waals surface area contributed by atoms with Crippen LogP contribution in [-0.2, 0) is 11.3 Å². The van der Waals surface area contributed by atoms with Crippen molar-refractivity contribution in [2.24, 2.45) is 0 Å². The number of anilines is 1.